The summed E-state index contributed by atoms with van der Waals surface area (Å²) in [6.07, 6.45) is 2.27. The minimum Gasteiger partial charge on any atom is -0.456 e. The largest absolute Gasteiger partial charge is 0.456 e. The monoisotopic (exact) mass is 1230 g/mol. The Bertz CT molecular complexity index is 5270. The first-order valence-corrected chi connectivity index (χ1v) is 34.4. The highest BCUT2D eigenvalue weighted by Crippen LogP contribution is 2.56. The average molecular weight is 1230 g/mol. The van der Waals surface area contributed by atoms with Crippen LogP contribution in [-0.4, -0.2) is 6.85 Å². The molecule has 17 rings (SSSR count). The maximum Gasteiger partial charge on any atom is 0.333 e. The zero-order valence-electron chi connectivity index (χ0n) is 55.4. The minimum absolute atomic E-state index is 0.0226. The molecular weight excluding hydrogens is 1160 g/mol. The number of furan rings is 1. The number of benzene rings is 12. The second kappa shape index (κ2) is 21.3. The van der Waals surface area contributed by atoms with Crippen molar-refractivity contribution in [2.75, 3.05) is 14.6 Å². The van der Waals surface area contributed by atoms with E-state index >= 15 is 0 Å². The molecule has 6 heteroatoms. The number of hydrogen-bond acceptors (Lipinski definition) is 5. The van der Waals surface area contributed by atoms with Crippen molar-refractivity contribution in [2.45, 2.75) is 104 Å². The van der Waals surface area contributed by atoms with Gasteiger partial charge in [-0.2, -0.15) is 0 Å². The first-order chi connectivity index (χ1) is 45.3. The third-order valence-electron chi connectivity index (χ3n) is 21.0. The lowest BCUT2D eigenvalue weighted by Crippen LogP contribution is -2.61. The van der Waals surface area contributed by atoms with Gasteiger partial charge in [0.05, 0.1) is 5.69 Å². The van der Waals surface area contributed by atoms with Crippen molar-refractivity contribution in [3.8, 4) is 44.5 Å². The average Bonchev–Trinajstić information content (AvgIpc) is 1.16. The summed E-state index contributed by atoms with van der Waals surface area (Å²) in [5.41, 5.74) is 28.0. The molecule has 14 aromatic rings. The second-order valence-corrected chi connectivity index (χ2v) is 31.0. The van der Waals surface area contributed by atoms with Crippen LogP contribution >= 0.6 is 11.3 Å². The third-order valence-corrected chi connectivity index (χ3v) is 22.2. The Morgan fingerprint density at radius 2 is 0.957 bits per heavy atom. The molecule has 0 bridgehead atoms. The van der Waals surface area contributed by atoms with Crippen LogP contribution in [0.3, 0.4) is 0 Å². The van der Waals surface area contributed by atoms with Crippen LogP contribution in [0.2, 0.25) is 0 Å². The quantitative estimate of drug-likeness (QED) is 0.141. The molecule has 0 radical (unpaired) electrons. The van der Waals surface area contributed by atoms with Gasteiger partial charge >= 0.3 is 6.85 Å². The summed E-state index contributed by atoms with van der Waals surface area (Å²) in [7, 11) is 0. The zero-order chi connectivity index (χ0) is 64.2. The van der Waals surface area contributed by atoms with Gasteiger partial charge in [0.2, 0.25) is 0 Å². The number of fused-ring (bicyclic) bond motifs is 12. The maximum absolute atomic E-state index is 7.32. The van der Waals surface area contributed by atoms with Gasteiger partial charge in [-0.1, -0.05) is 227 Å². The van der Waals surface area contributed by atoms with Crippen molar-refractivity contribution >= 4 is 117 Å². The Morgan fingerprint density at radius 1 is 0.415 bits per heavy atom. The molecule has 94 heavy (non-hydrogen) atoms. The van der Waals surface area contributed by atoms with Gasteiger partial charge in [-0.25, -0.2) is 0 Å². The van der Waals surface area contributed by atoms with E-state index in [0.717, 1.165) is 80.3 Å². The van der Waals surface area contributed by atoms with Crippen LogP contribution in [0.25, 0.3) is 86.6 Å². The fourth-order valence-corrected chi connectivity index (χ4v) is 17.0. The zero-order valence-corrected chi connectivity index (χ0v) is 56.2. The minimum atomic E-state index is -0.277. The van der Waals surface area contributed by atoms with E-state index in [-0.39, 0.29) is 28.5 Å². The second-order valence-electron chi connectivity index (χ2n) is 30.0. The summed E-state index contributed by atoms with van der Waals surface area (Å²) >= 11 is 1.92. The van der Waals surface area contributed by atoms with Crippen molar-refractivity contribution in [2.24, 2.45) is 0 Å². The van der Waals surface area contributed by atoms with Crippen LogP contribution in [-0.2, 0) is 21.7 Å². The van der Waals surface area contributed by atoms with E-state index in [2.05, 4.69) is 339 Å². The molecule has 0 spiro atoms. The highest BCUT2D eigenvalue weighted by Gasteiger charge is 2.48. The van der Waals surface area contributed by atoms with Crippen LogP contribution < -0.4 is 25.5 Å². The highest BCUT2D eigenvalue weighted by molar-refractivity contribution is 7.26. The molecule has 0 amide bonds. The summed E-state index contributed by atoms with van der Waals surface area (Å²) in [5.74, 6) is 0. The smallest absolute Gasteiger partial charge is 0.333 e. The van der Waals surface area contributed by atoms with Gasteiger partial charge in [-0.05, 0) is 193 Å². The number of hydrogen-bond donors (Lipinski definition) is 0. The normalized spacial score (nSPS) is 14.7. The van der Waals surface area contributed by atoms with Gasteiger partial charge in [0, 0.05) is 87.4 Å². The molecule has 2 aromatic heterocycles. The molecule has 1 aliphatic carbocycles. The molecule has 0 unspecified atom stereocenters. The van der Waals surface area contributed by atoms with Crippen LogP contribution in [0.4, 0.5) is 45.5 Å². The van der Waals surface area contributed by atoms with Gasteiger partial charge in [0.1, 0.15) is 11.2 Å². The molecule has 0 saturated carbocycles. The van der Waals surface area contributed by atoms with E-state index < -0.39 is 0 Å². The van der Waals surface area contributed by atoms with Gasteiger partial charge in [0.15, 0.2) is 0 Å². The van der Waals surface area contributed by atoms with E-state index in [4.69, 9.17) is 4.42 Å². The lowest BCUT2D eigenvalue weighted by atomic mass is 9.43. The molecule has 0 saturated heterocycles. The van der Waals surface area contributed by atoms with E-state index in [9.17, 15) is 0 Å². The Labute approximate surface area is 557 Å². The molecule has 0 fully saturated rings. The van der Waals surface area contributed by atoms with Crippen molar-refractivity contribution in [3.05, 3.63) is 277 Å². The number of thiophene rings is 1. The predicted molar refractivity (Wildman–Crippen MR) is 404 cm³/mol. The Balaban J connectivity index is 1.01. The van der Waals surface area contributed by atoms with Crippen molar-refractivity contribution in [3.63, 3.8) is 0 Å². The Morgan fingerprint density at radius 3 is 1.60 bits per heavy atom. The summed E-state index contributed by atoms with van der Waals surface area (Å²) in [4.78, 5) is 7.85. The summed E-state index contributed by atoms with van der Waals surface area (Å²) in [6, 6.07) is 96.5. The fraction of sp³-hybridized carbons (Fsp3) is 0.182. The number of nitrogens with zero attached hydrogens (tertiary/aromatic N) is 3. The number of anilines is 8. The molecule has 4 heterocycles. The predicted octanol–water partition coefficient (Wildman–Crippen LogP) is 24.1. The van der Waals surface area contributed by atoms with Crippen LogP contribution in [0.1, 0.15) is 104 Å². The summed E-state index contributed by atoms with van der Waals surface area (Å²) in [6.45, 7) is 23.4. The topological polar surface area (TPSA) is 22.9 Å². The molecule has 0 N–H and O–H groups in total. The molecule has 3 aliphatic rings. The first-order valence-electron chi connectivity index (χ1n) is 33.5. The van der Waals surface area contributed by atoms with Crippen LogP contribution in [0, 0.1) is 0 Å². The van der Waals surface area contributed by atoms with Gasteiger partial charge in [0.25, 0.3) is 0 Å². The van der Waals surface area contributed by atoms with E-state index in [1.807, 2.05) is 11.3 Å². The highest BCUT2D eigenvalue weighted by atomic mass is 32.1. The summed E-state index contributed by atoms with van der Waals surface area (Å²) < 4.78 is 9.88. The first kappa shape index (κ1) is 58.0. The molecule has 0 atom stereocenters. The molecular formula is C88H76BN3OS. The third kappa shape index (κ3) is 9.37. The Kier molecular flexibility index (Phi) is 13.2. The van der Waals surface area contributed by atoms with Gasteiger partial charge in [-0.15, -0.1) is 11.3 Å². The van der Waals surface area contributed by atoms with Crippen molar-refractivity contribution in [1.29, 1.82) is 0 Å². The maximum atomic E-state index is 7.32. The van der Waals surface area contributed by atoms with Crippen LogP contribution in [0.5, 0.6) is 0 Å². The van der Waals surface area contributed by atoms with E-state index in [1.165, 1.54) is 97.8 Å². The lowest BCUT2D eigenvalue weighted by molar-refractivity contribution is 0.332. The fourth-order valence-electron chi connectivity index (χ4n) is 15.7. The van der Waals surface area contributed by atoms with E-state index in [0.29, 0.717) is 0 Å². The van der Waals surface area contributed by atoms with Gasteiger partial charge < -0.3 is 19.0 Å². The van der Waals surface area contributed by atoms with E-state index in [1.54, 1.807) is 0 Å². The molecule has 458 valence electrons. The Hall–Kier alpha value is -9.88. The SMILES string of the molecule is CC(C)(C)c1ccc(N2B3c4ccc(N(c5cccc(-c6ccccc6)c5)c5cccc(-c6ccccc6)c5)cc4N(c4ccc(C(C)(C)C)cc4-c4ccccc4)c4cc5c(sc6ccccc65)c(c43)-c3cc4oc5cc6c(cc5c4cc32)C(C)(C)CCC6(C)C)cc1. The standard InChI is InChI=1S/C88H76BN3OS/c1-85(2,3)60-36-39-62(40-37-60)92-76-51-69-68-50-72-73(88(9,10)45-44-87(72,7)8)54-80(68)93-79(69)53-71(76)82-83-78(52-70-66-34-20-21-35-81(66)94-84(70)82)91(75-43-38-61(86(4,5)6)48-67(75)57-28-18-13-19-29-57)77-49-65(41-42-74(77)89(83)92)90(63-32-22-30-58(46-63)55-24-14-11-15-25-55)64-33-23-31-59(47-64)56-26-16-12-17-27-56/h11-43,46-54H,44-45H2,1-10H3. The van der Waals surface area contributed by atoms with Gasteiger partial charge in [-0.3, -0.25) is 0 Å². The van der Waals surface area contributed by atoms with Crippen LogP contribution in [0.15, 0.2) is 259 Å². The lowest BCUT2D eigenvalue weighted by Gasteiger charge is -2.46. The number of rotatable bonds is 8. The van der Waals surface area contributed by atoms with Crippen molar-refractivity contribution in [1.82, 2.24) is 0 Å². The summed E-state index contributed by atoms with van der Waals surface area (Å²) in [5, 5.41) is 4.83. The van der Waals surface area contributed by atoms with Crippen molar-refractivity contribution < 1.29 is 4.42 Å². The molecule has 12 aromatic carbocycles. The molecule has 2 aliphatic heterocycles. The molecule has 4 nitrogen and oxygen atoms in total.